The van der Waals surface area contributed by atoms with Gasteiger partial charge in [0.15, 0.2) is 0 Å². The zero-order valence-electron chi connectivity index (χ0n) is 22.2. The molecular formula is C30H36N6O2. The molecule has 1 atom stereocenters. The lowest BCUT2D eigenvalue weighted by molar-refractivity contribution is 0.0323. The first-order chi connectivity index (χ1) is 18.4. The number of benzene rings is 1. The highest BCUT2D eigenvalue weighted by Crippen LogP contribution is 2.48. The number of pyridine rings is 1. The van der Waals surface area contributed by atoms with Crippen LogP contribution in [-0.4, -0.2) is 53.5 Å². The van der Waals surface area contributed by atoms with Crippen LogP contribution in [0.1, 0.15) is 74.0 Å². The van der Waals surface area contributed by atoms with Crippen LogP contribution < -0.4 is 5.56 Å². The highest BCUT2D eigenvalue weighted by molar-refractivity contribution is 5.84. The van der Waals surface area contributed by atoms with Crippen molar-refractivity contribution in [1.82, 2.24) is 29.2 Å². The fourth-order valence-electron chi connectivity index (χ4n) is 6.92. The van der Waals surface area contributed by atoms with E-state index in [9.17, 15) is 9.90 Å². The average Bonchev–Trinajstić information content (AvgIpc) is 3.50. The number of H-pyrrole nitrogens is 1. The van der Waals surface area contributed by atoms with Crippen LogP contribution >= 0.6 is 0 Å². The SMILES string of the molecule is C[C@H]1CCCN(Cc2cc3c(C4CC4)cn(-c4cccc([C@]5(c6nncn6C)C[C@H](O)C5)c4)c(=O)c3[nH]2)C1. The summed E-state index contributed by atoms with van der Waals surface area (Å²) in [6.07, 6.45) is 9.50. The normalized spacial score (nSPS) is 26.1. The van der Waals surface area contributed by atoms with Crippen molar-refractivity contribution in [3.05, 3.63) is 75.9 Å². The third-order valence-electron chi connectivity index (χ3n) is 9.02. The number of aromatic amines is 1. The Morgan fingerprint density at radius 3 is 2.74 bits per heavy atom. The first-order valence-electron chi connectivity index (χ1n) is 14.0. The Labute approximate surface area is 222 Å². The summed E-state index contributed by atoms with van der Waals surface area (Å²) in [5, 5.41) is 19.9. The second-order valence-corrected chi connectivity index (χ2v) is 12.1. The number of aromatic nitrogens is 5. The second kappa shape index (κ2) is 8.92. The molecule has 3 fully saturated rings. The highest BCUT2D eigenvalue weighted by Gasteiger charge is 2.49. The van der Waals surface area contributed by atoms with Crippen LogP contribution in [0.3, 0.4) is 0 Å². The number of aliphatic hydroxyl groups is 1. The number of nitrogens with zero attached hydrogens (tertiary/aromatic N) is 5. The number of hydrogen-bond donors (Lipinski definition) is 2. The number of nitrogens with one attached hydrogen (secondary N) is 1. The maximum absolute atomic E-state index is 13.9. The largest absolute Gasteiger partial charge is 0.393 e. The Morgan fingerprint density at radius 1 is 1.18 bits per heavy atom. The standard InChI is InChI=1S/C30H36N6O2/c1-19-5-4-10-35(15-19)16-22-12-25-26(20-8-9-20)17-36(28(38)27(25)32-22)23-7-3-6-21(11-23)30(13-24(37)14-30)29-33-31-18-34(29)2/h3,6-7,11-12,17-20,24,32,37H,4-5,8-10,13-16H2,1-2H3/t19-,24-,30-/m0/s1. The number of likely N-dealkylation sites (tertiary alicyclic amines) is 1. The van der Waals surface area contributed by atoms with E-state index in [0.29, 0.717) is 24.3 Å². The summed E-state index contributed by atoms with van der Waals surface area (Å²) in [6, 6.07) is 10.4. The van der Waals surface area contributed by atoms with Gasteiger partial charge in [0.1, 0.15) is 17.7 Å². The third kappa shape index (κ3) is 3.93. The summed E-state index contributed by atoms with van der Waals surface area (Å²) < 4.78 is 3.76. The fourth-order valence-corrected chi connectivity index (χ4v) is 6.92. The van der Waals surface area contributed by atoms with Crippen molar-refractivity contribution in [2.45, 2.75) is 69.4 Å². The summed E-state index contributed by atoms with van der Waals surface area (Å²) in [5.74, 6) is 2.08. The minimum atomic E-state index is -0.404. The Balaban J connectivity index is 1.30. The predicted octanol–water partition coefficient (Wildman–Crippen LogP) is 4.00. The minimum absolute atomic E-state index is 0.0128. The summed E-state index contributed by atoms with van der Waals surface area (Å²) in [5.41, 5.74) is 4.59. The van der Waals surface area contributed by atoms with Gasteiger partial charge in [0, 0.05) is 43.1 Å². The molecule has 4 heterocycles. The number of hydrogen-bond acceptors (Lipinski definition) is 5. The van der Waals surface area contributed by atoms with Crippen LogP contribution in [0.4, 0.5) is 0 Å². The summed E-state index contributed by atoms with van der Waals surface area (Å²) in [7, 11) is 1.94. The van der Waals surface area contributed by atoms with Gasteiger partial charge in [0.05, 0.1) is 11.5 Å². The first-order valence-corrected chi connectivity index (χ1v) is 14.0. The van der Waals surface area contributed by atoms with Crippen LogP contribution in [0.15, 0.2) is 47.7 Å². The maximum Gasteiger partial charge on any atom is 0.279 e. The molecule has 1 saturated heterocycles. The molecule has 0 bridgehead atoms. The minimum Gasteiger partial charge on any atom is -0.393 e. The van der Waals surface area contributed by atoms with Crippen molar-refractivity contribution in [3.8, 4) is 5.69 Å². The quantitative estimate of drug-likeness (QED) is 0.408. The monoisotopic (exact) mass is 512 g/mol. The van der Waals surface area contributed by atoms with E-state index in [2.05, 4.69) is 51.4 Å². The molecule has 38 heavy (non-hydrogen) atoms. The molecule has 3 aliphatic rings. The Morgan fingerprint density at radius 2 is 2.03 bits per heavy atom. The summed E-state index contributed by atoms with van der Waals surface area (Å²) in [4.78, 5) is 20.0. The van der Waals surface area contributed by atoms with Gasteiger partial charge in [-0.15, -0.1) is 10.2 Å². The van der Waals surface area contributed by atoms with E-state index in [0.717, 1.165) is 53.7 Å². The van der Waals surface area contributed by atoms with E-state index < -0.39 is 5.41 Å². The number of aryl methyl sites for hydroxylation is 1. The second-order valence-electron chi connectivity index (χ2n) is 12.1. The van der Waals surface area contributed by atoms with E-state index in [1.54, 1.807) is 6.33 Å². The van der Waals surface area contributed by atoms with Crippen LogP contribution in [0.25, 0.3) is 16.6 Å². The summed E-state index contributed by atoms with van der Waals surface area (Å²) >= 11 is 0. The van der Waals surface area contributed by atoms with Gasteiger partial charge in [-0.25, -0.2) is 0 Å². The molecule has 0 radical (unpaired) electrons. The summed E-state index contributed by atoms with van der Waals surface area (Å²) in [6.45, 7) is 5.42. The smallest absolute Gasteiger partial charge is 0.279 e. The van der Waals surface area contributed by atoms with Gasteiger partial charge in [-0.05, 0) is 86.2 Å². The number of fused-ring (bicyclic) bond motifs is 1. The molecule has 2 saturated carbocycles. The number of rotatable bonds is 6. The molecule has 7 rings (SSSR count). The van der Waals surface area contributed by atoms with Crippen LogP contribution in [0.2, 0.25) is 0 Å². The lowest BCUT2D eigenvalue weighted by Crippen LogP contribution is -2.47. The highest BCUT2D eigenvalue weighted by atomic mass is 16.3. The van der Waals surface area contributed by atoms with Gasteiger partial charge in [0.2, 0.25) is 0 Å². The zero-order chi connectivity index (χ0) is 26.0. The Kier molecular flexibility index (Phi) is 5.60. The molecular weight excluding hydrogens is 476 g/mol. The molecule has 198 valence electrons. The molecule has 8 heteroatoms. The number of aliphatic hydroxyl groups excluding tert-OH is 1. The molecule has 8 nitrogen and oxygen atoms in total. The fraction of sp³-hybridized carbons (Fsp3) is 0.500. The average molecular weight is 513 g/mol. The van der Waals surface area contributed by atoms with Gasteiger partial charge >= 0.3 is 0 Å². The van der Waals surface area contributed by atoms with Gasteiger partial charge in [-0.1, -0.05) is 19.1 Å². The van der Waals surface area contributed by atoms with Gasteiger partial charge in [0.25, 0.3) is 5.56 Å². The van der Waals surface area contributed by atoms with E-state index in [4.69, 9.17) is 0 Å². The van der Waals surface area contributed by atoms with Crippen molar-refractivity contribution in [1.29, 1.82) is 0 Å². The van der Waals surface area contributed by atoms with E-state index in [1.807, 2.05) is 28.3 Å². The van der Waals surface area contributed by atoms with Gasteiger partial charge in [-0.3, -0.25) is 14.3 Å². The molecule has 1 aliphatic heterocycles. The first kappa shape index (κ1) is 23.9. The predicted molar refractivity (Wildman–Crippen MR) is 147 cm³/mol. The van der Waals surface area contributed by atoms with Crippen molar-refractivity contribution >= 4 is 10.9 Å². The molecule has 2 N–H and O–H groups in total. The molecule has 0 unspecified atom stereocenters. The van der Waals surface area contributed by atoms with E-state index >= 15 is 0 Å². The van der Waals surface area contributed by atoms with Crippen LogP contribution in [0.5, 0.6) is 0 Å². The molecule has 4 aromatic rings. The van der Waals surface area contributed by atoms with Gasteiger partial charge in [-0.2, -0.15) is 0 Å². The van der Waals surface area contributed by atoms with Crippen LogP contribution in [0, 0.1) is 5.92 Å². The molecule has 0 amide bonds. The van der Waals surface area contributed by atoms with Crippen molar-refractivity contribution in [2.75, 3.05) is 13.1 Å². The van der Waals surface area contributed by atoms with E-state index in [-0.39, 0.29) is 11.7 Å². The van der Waals surface area contributed by atoms with E-state index in [1.165, 1.54) is 31.2 Å². The topological polar surface area (TPSA) is 92.0 Å². The van der Waals surface area contributed by atoms with Crippen molar-refractivity contribution in [3.63, 3.8) is 0 Å². The Hall–Kier alpha value is -3.23. The van der Waals surface area contributed by atoms with Crippen molar-refractivity contribution < 1.29 is 5.11 Å². The molecule has 1 aromatic carbocycles. The van der Waals surface area contributed by atoms with Crippen LogP contribution in [-0.2, 0) is 19.0 Å². The molecule has 0 spiro atoms. The number of piperidine rings is 1. The third-order valence-corrected chi connectivity index (χ3v) is 9.02. The lowest BCUT2D eigenvalue weighted by Gasteiger charge is -2.44. The van der Waals surface area contributed by atoms with Crippen molar-refractivity contribution in [2.24, 2.45) is 13.0 Å². The maximum atomic E-state index is 13.9. The Bertz CT molecular complexity index is 1550. The lowest BCUT2D eigenvalue weighted by atomic mass is 9.62. The zero-order valence-corrected chi connectivity index (χ0v) is 22.2. The molecule has 3 aromatic heterocycles. The van der Waals surface area contributed by atoms with Gasteiger partial charge < -0.3 is 14.7 Å². The molecule has 2 aliphatic carbocycles.